The number of amidine groups is 1. The fourth-order valence-corrected chi connectivity index (χ4v) is 4.12. The summed E-state index contributed by atoms with van der Waals surface area (Å²) in [6, 6.07) is 0. The number of hydrogen-bond donors (Lipinski definition) is 3. The Morgan fingerprint density at radius 2 is 1.34 bits per heavy atom. The molecule has 0 amide bonds. The lowest BCUT2D eigenvalue weighted by Gasteiger charge is -2.29. The molecule has 1 aliphatic heterocycles. The number of aliphatic hydroxyl groups excluding tert-OH is 1. The number of hydrogen-bond acceptors (Lipinski definition) is 6. The molecule has 32 heavy (non-hydrogen) atoms. The molecule has 1 aliphatic rings. The van der Waals surface area contributed by atoms with Gasteiger partial charge in [-0.25, -0.2) is 0 Å². The average Bonchev–Trinajstić information content (AvgIpc) is 3.30. The molecule has 7 nitrogen and oxygen atoms in total. The van der Waals surface area contributed by atoms with Crippen LogP contribution in [0, 0.1) is 5.41 Å². The minimum absolute atomic E-state index is 0.0579. The summed E-state index contributed by atoms with van der Waals surface area (Å²) in [5.41, 5.74) is 0.0579. The van der Waals surface area contributed by atoms with E-state index in [4.69, 9.17) is 4.55 Å². The van der Waals surface area contributed by atoms with Crippen molar-refractivity contribution in [1.82, 2.24) is 5.32 Å². The van der Waals surface area contributed by atoms with Crippen molar-refractivity contribution in [3.05, 3.63) is 0 Å². The molecular formula is C24H50N2O5S. The van der Waals surface area contributed by atoms with Gasteiger partial charge in [-0.3, -0.25) is 13.7 Å². The maximum atomic E-state index is 9.39. The zero-order chi connectivity index (χ0) is 24.1. The smallest absolute Gasteiger partial charge is 0.396 e. The predicted octanol–water partition coefficient (Wildman–Crippen LogP) is 5.68. The maximum Gasteiger partial charge on any atom is 0.397 e. The van der Waals surface area contributed by atoms with Crippen LogP contribution in [0.15, 0.2) is 4.99 Å². The van der Waals surface area contributed by atoms with Gasteiger partial charge in [-0.2, -0.15) is 8.42 Å². The third-order valence-electron chi connectivity index (χ3n) is 6.20. The largest absolute Gasteiger partial charge is 0.397 e. The molecule has 0 radical (unpaired) electrons. The Hall–Kier alpha value is -0.700. The van der Waals surface area contributed by atoms with Crippen molar-refractivity contribution >= 4 is 16.2 Å². The van der Waals surface area contributed by atoms with Crippen LogP contribution in [-0.4, -0.2) is 50.7 Å². The van der Waals surface area contributed by atoms with Crippen molar-refractivity contribution in [2.75, 3.05) is 26.8 Å². The molecule has 192 valence electrons. The fourth-order valence-electron chi connectivity index (χ4n) is 4.12. The van der Waals surface area contributed by atoms with Crippen LogP contribution in [0.25, 0.3) is 0 Å². The van der Waals surface area contributed by atoms with Crippen molar-refractivity contribution in [3.63, 3.8) is 0 Å². The highest BCUT2D eigenvalue weighted by Crippen LogP contribution is 2.30. The molecule has 8 heteroatoms. The molecule has 0 aromatic heterocycles. The van der Waals surface area contributed by atoms with Gasteiger partial charge in [-0.05, 0) is 12.8 Å². The number of nitrogens with one attached hydrogen (secondary N) is 1. The first-order valence-electron chi connectivity index (χ1n) is 12.7. The Morgan fingerprint density at radius 3 is 1.69 bits per heavy atom. The molecule has 1 heterocycles. The fraction of sp³-hybridized carbons (Fsp3) is 0.958. The molecule has 0 aromatic rings. The molecule has 0 spiro atoms. The molecule has 0 fully saturated rings. The second-order valence-electron chi connectivity index (χ2n) is 9.13. The number of rotatable bonds is 19. The summed E-state index contributed by atoms with van der Waals surface area (Å²) in [5, 5.41) is 12.8. The van der Waals surface area contributed by atoms with Gasteiger partial charge in [0.1, 0.15) is 5.84 Å². The van der Waals surface area contributed by atoms with Gasteiger partial charge in [0.2, 0.25) is 0 Å². The number of unbranched alkanes of at least 4 members (excludes halogenated alkanes) is 13. The van der Waals surface area contributed by atoms with Crippen LogP contribution in [0.2, 0.25) is 0 Å². The lowest BCUT2D eigenvalue weighted by molar-refractivity contribution is 0.229. The van der Waals surface area contributed by atoms with Gasteiger partial charge in [0.25, 0.3) is 0 Å². The van der Waals surface area contributed by atoms with Gasteiger partial charge in [0.05, 0.1) is 13.7 Å². The second-order valence-corrected chi connectivity index (χ2v) is 10.3. The molecular weight excluding hydrogens is 428 g/mol. The van der Waals surface area contributed by atoms with Crippen molar-refractivity contribution in [1.29, 1.82) is 0 Å². The number of aliphatic hydroxyl groups is 1. The zero-order valence-corrected chi connectivity index (χ0v) is 21.7. The molecule has 0 saturated heterocycles. The summed E-state index contributed by atoms with van der Waals surface area (Å²) < 4.78 is 29.7. The maximum absolute atomic E-state index is 9.39. The summed E-state index contributed by atoms with van der Waals surface area (Å²) >= 11 is 0. The molecule has 0 saturated carbocycles. The van der Waals surface area contributed by atoms with Gasteiger partial charge < -0.3 is 10.4 Å². The van der Waals surface area contributed by atoms with Gasteiger partial charge in [0, 0.05) is 18.6 Å². The molecule has 0 aromatic carbocycles. The van der Waals surface area contributed by atoms with E-state index in [1.54, 1.807) is 0 Å². The highest BCUT2D eigenvalue weighted by molar-refractivity contribution is 7.80. The highest BCUT2D eigenvalue weighted by atomic mass is 32.3. The van der Waals surface area contributed by atoms with E-state index >= 15 is 0 Å². The van der Waals surface area contributed by atoms with E-state index in [9.17, 15) is 13.5 Å². The van der Waals surface area contributed by atoms with Crippen LogP contribution >= 0.6 is 0 Å². The first-order valence-corrected chi connectivity index (χ1v) is 14.1. The van der Waals surface area contributed by atoms with E-state index in [0.29, 0.717) is 0 Å². The van der Waals surface area contributed by atoms with E-state index in [0.717, 1.165) is 38.9 Å². The van der Waals surface area contributed by atoms with E-state index < -0.39 is 10.4 Å². The summed E-state index contributed by atoms with van der Waals surface area (Å²) in [7, 11) is -3.29. The van der Waals surface area contributed by atoms with Crippen LogP contribution in [0.5, 0.6) is 0 Å². The Morgan fingerprint density at radius 1 is 0.906 bits per heavy atom. The lowest BCUT2D eigenvalue weighted by Crippen LogP contribution is -2.37. The number of aliphatic imine (C=N–C) groups is 1. The molecule has 3 N–H and O–H groups in total. The summed E-state index contributed by atoms with van der Waals surface area (Å²) in [4.78, 5) is 4.61. The minimum atomic E-state index is -4.16. The highest BCUT2D eigenvalue weighted by Gasteiger charge is 2.31. The topological polar surface area (TPSA) is 108 Å². The van der Waals surface area contributed by atoms with Gasteiger partial charge in [0.15, 0.2) is 0 Å². The monoisotopic (exact) mass is 478 g/mol. The summed E-state index contributed by atoms with van der Waals surface area (Å²) in [6.07, 6.45) is 21.6. The van der Waals surface area contributed by atoms with Crippen molar-refractivity contribution in [3.8, 4) is 0 Å². The summed E-state index contributed by atoms with van der Waals surface area (Å²) in [5.74, 6) is 1.14. The van der Waals surface area contributed by atoms with Crippen molar-refractivity contribution in [2.24, 2.45) is 10.4 Å². The molecule has 1 unspecified atom stereocenters. The van der Waals surface area contributed by atoms with Crippen LogP contribution in [0.4, 0.5) is 0 Å². The predicted molar refractivity (Wildman–Crippen MR) is 134 cm³/mol. The third kappa shape index (κ3) is 17.8. The lowest BCUT2D eigenvalue weighted by atomic mass is 9.80. The second kappa shape index (κ2) is 19.7. The van der Waals surface area contributed by atoms with Crippen LogP contribution in [-0.2, 0) is 14.6 Å². The Bertz CT molecular complexity index is 569. The SMILES string of the molecule is CCCCCCCCCCCCCCCCC(C)(CCO)C1=NCCN1.COS(=O)(=O)O. The standard InChI is InChI=1S/C23H46N2O.CH4O4S/c1-3-4-5-6-7-8-9-10-11-12-13-14-15-16-17-23(2,18-21-26)22-24-19-20-25-22;1-5-6(2,3)4/h26H,3-21H2,1-2H3,(H,24,25);1H3,(H,2,3,4). The first kappa shape index (κ1) is 31.3. The average molecular weight is 479 g/mol. The first-order chi connectivity index (χ1) is 15.3. The van der Waals surface area contributed by atoms with E-state index in [1.165, 1.54) is 89.9 Å². The molecule has 1 rings (SSSR count). The Kier molecular flexibility index (Phi) is 19.3. The van der Waals surface area contributed by atoms with Gasteiger partial charge >= 0.3 is 10.4 Å². The van der Waals surface area contributed by atoms with E-state index in [2.05, 4.69) is 28.3 Å². The zero-order valence-electron chi connectivity index (χ0n) is 20.9. The Labute approximate surface area is 197 Å². The minimum Gasteiger partial charge on any atom is -0.396 e. The molecule has 1 atom stereocenters. The van der Waals surface area contributed by atoms with Crippen LogP contribution in [0.3, 0.4) is 0 Å². The normalized spacial score (nSPS) is 15.5. The van der Waals surface area contributed by atoms with Crippen molar-refractivity contribution in [2.45, 2.75) is 117 Å². The Balaban J connectivity index is 0.00000140. The van der Waals surface area contributed by atoms with Gasteiger partial charge in [-0.15, -0.1) is 0 Å². The van der Waals surface area contributed by atoms with Gasteiger partial charge in [-0.1, -0.05) is 104 Å². The van der Waals surface area contributed by atoms with Crippen LogP contribution in [0.1, 0.15) is 117 Å². The molecule has 0 aliphatic carbocycles. The number of nitrogens with zero attached hydrogens (tertiary/aromatic N) is 1. The molecule has 0 bridgehead atoms. The van der Waals surface area contributed by atoms with E-state index in [1.807, 2.05) is 0 Å². The van der Waals surface area contributed by atoms with E-state index in [-0.39, 0.29) is 12.0 Å². The van der Waals surface area contributed by atoms with Crippen LogP contribution < -0.4 is 5.32 Å². The van der Waals surface area contributed by atoms with Crippen molar-refractivity contribution < 1.29 is 22.3 Å². The third-order valence-corrected chi connectivity index (χ3v) is 6.62. The summed E-state index contributed by atoms with van der Waals surface area (Å²) in [6.45, 7) is 6.68. The quantitative estimate of drug-likeness (QED) is 0.163.